The molecule has 2 nitrogen and oxygen atoms in total. The molecule has 0 bridgehead atoms. The van der Waals surface area contributed by atoms with Gasteiger partial charge in [-0.05, 0) is 19.4 Å². The van der Waals surface area contributed by atoms with E-state index in [4.69, 9.17) is 0 Å². The summed E-state index contributed by atoms with van der Waals surface area (Å²) < 4.78 is 0. The summed E-state index contributed by atoms with van der Waals surface area (Å²) in [6, 6.07) is 19.4. The molecule has 0 fully saturated rings. The van der Waals surface area contributed by atoms with Crippen LogP contribution in [0.15, 0.2) is 66.9 Å². The highest BCUT2D eigenvalue weighted by Crippen LogP contribution is 2.19. The van der Waals surface area contributed by atoms with Crippen LogP contribution in [-0.4, -0.2) is 11.8 Å². The van der Waals surface area contributed by atoms with Crippen LogP contribution >= 0.6 is 0 Å². The van der Waals surface area contributed by atoms with E-state index in [1.54, 1.807) is 0 Å². The lowest BCUT2D eigenvalue weighted by Crippen LogP contribution is -2.18. The average molecular weight is 265 g/mol. The van der Waals surface area contributed by atoms with Crippen molar-refractivity contribution >= 4 is 11.4 Å². The first-order valence-corrected chi connectivity index (χ1v) is 6.80. The van der Waals surface area contributed by atoms with Gasteiger partial charge in [0.2, 0.25) is 0 Å². The van der Waals surface area contributed by atoms with Gasteiger partial charge in [0.1, 0.15) is 0 Å². The predicted molar refractivity (Wildman–Crippen MR) is 83.5 cm³/mol. The molecule has 0 aromatic heterocycles. The van der Waals surface area contributed by atoms with Crippen molar-refractivity contribution in [3.63, 3.8) is 0 Å². The third-order valence-electron chi connectivity index (χ3n) is 2.93. The summed E-state index contributed by atoms with van der Waals surface area (Å²) in [6.07, 6.45) is 1.81. The van der Waals surface area contributed by atoms with Crippen LogP contribution in [-0.2, 0) is 0 Å². The van der Waals surface area contributed by atoms with Gasteiger partial charge in [-0.2, -0.15) is 0 Å². The number of allylic oxidation sites excluding steroid dienone is 1. The quantitative estimate of drug-likeness (QED) is 0.656. The van der Waals surface area contributed by atoms with Crippen molar-refractivity contribution < 1.29 is 4.79 Å². The Morgan fingerprint density at radius 2 is 1.40 bits per heavy atom. The van der Waals surface area contributed by atoms with Crippen LogP contribution in [0.2, 0.25) is 0 Å². The molecule has 2 aromatic carbocycles. The molecule has 0 spiro atoms. The molecule has 2 aromatic rings. The van der Waals surface area contributed by atoms with E-state index in [0.717, 1.165) is 5.56 Å². The lowest BCUT2D eigenvalue weighted by atomic mass is 9.97. The Bertz CT molecular complexity index is 585. The van der Waals surface area contributed by atoms with E-state index in [1.807, 2.05) is 80.7 Å². The molecule has 0 saturated carbocycles. The monoisotopic (exact) mass is 265 g/mol. The molecule has 0 aliphatic heterocycles. The molecule has 0 unspecified atom stereocenters. The van der Waals surface area contributed by atoms with Gasteiger partial charge in [-0.25, -0.2) is 0 Å². The Labute approximate surface area is 120 Å². The molecule has 0 saturated heterocycles. The van der Waals surface area contributed by atoms with Crippen molar-refractivity contribution in [3.8, 4) is 0 Å². The van der Waals surface area contributed by atoms with Crippen LogP contribution in [0, 0.1) is 0 Å². The minimum absolute atomic E-state index is 0.0324. The van der Waals surface area contributed by atoms with Gasteiger partial charge >= 0.3 is 0 Å². The zero-order valence-corrected chi connectivity index (χ0v) is 11.8. The smallest absolute Gasteiger partial charge is 0.195 e. The molecule has 0 radical (unpaired) electrons. The van der Waals surface area contributed by atoms with E-state index in [0.29, 0.717) is 11.1 Å². The summed E-state index contributed by atoms with van der Waals surface area (Å²) in [7, 11) is 0. The number of Topliss-reactive ketones (excluding diaryl/α,β-unsaturated/α-hetero) is 1. The summed E-state index contributed by atoms with van der Waals surface area (Å²) in [5.74, 6) is 0.0324. The summed E-state index contributed by atoms with van der Waals surface area (Å²) in [4.78, 5) is 12.6. The van der Waals surface area contributed by atoms with Crippen LogP contribution in [0.4, 0.5) is 0 Å². The van der Waals surface area contributed by atoms with Crippen molar-refractivity contribution in [2.75, 3.05) is 0 Å². The number of carbonyl (C=O) groups excluding carboxylic acids is 1. The zero-order valence-electron chi connectivity index (χ0n) is 11.8. The summed E-state index contributed by atoms with van der Waals surface area (Å²) >= 11 is 0. The van der Waals surface area contributed by atoms with Gasteiger partial charge in [0.05, 0.1) is 0 Å². The highest BCUT2D eigenvalue weighted by atomic mass is 16.1. The van der Waals surface area contributed by atoms with Gasteiger partial charge in [0.15, 0.2) is 5.78 Å². The fraction of sp³-hybridized carbons (Fsp3) is 0.167. The van der Waals surface area contributed by atoms with Gasteiger partial charge in [-0.1, -0.05) is 60.7 Å². The standard InChI is InChI=1S/C18H19NO/c1-14(2)19-13-17(15-9-5-3-6-10-15)18(20)16-11-7-4-8-12-16/h3-14,19H,1-2H3/b17-13-. The van der Waals surface area contributed by atoms with E-state index in [1.165, 1.54) is 0 Å². The van der Waals surface area contributed by atoms with Crippen LogP contribution in [0.3, 0.4) is 0 Å². The number of hydrogen-bond donors (Lipinski definition) is 1. The molecule has 102 valence electrons. The molecule has 2 rings (SSSR count). The number of ketones is 1. The first-order valence-electron chi connectivity index (χ1n) is 6.80. The third kappa shape index (κ3) is 3.58. The molecular weight excluding hydrogens is 246 g/mol. The summed E-state index contributed by atoms with van der Waals surface area (Å²) in [5.41, 5.74) is 2.31. The number of carbonyl (C=O) groups is 1. The third-order valence-corrected chi connectivity index (χ3v) is 2.93. The second kappa shape index (κ2) is 6.71. The maximum absolute atomic E-state index is 12.6. The second-order valence-corrected chi connectivity index (χ2v) is 4.94. The molecule has 0 amide bonds. The number of rotatable bonds is 5. The molecule has 0 aliphatic carbocycles. The SMILES string of the molecule is CC(C)N/C=C(\C(=O)c1ccccc1)c1ccccc1. The first-order chi connectivity index (χ1) is 9.68. The van der Waals surface area contributed by atoms with Crippen molar-refractivity contribution in [2.24, 2.45) is 0 Å². The van der Waals surface area contributed by atoms with Crippen LogP contribution in [0.5, 0.6) is 0 Å². The molecule has 0 aliphatic rings. The lowest BCUT2D eigenvalue weighted by Gasteiger charge is -2.10. The fourth-order valence-electron chi connectivity index (χ4n) is 1.89. The van der Waals surface area contributed by atoms with Crippen LogP contribution in [0.25, 0.3) is 5.57 Å². The molecule has 0 heterocycles. The highest BCUT2D eigenvalue weighted by molar-refractivity contribution is 6.28. The minimum Gasteiger partial charge on any atom is -0.388 e. The average Bonchev–Trinajstić information content (AvgIpc) is 2.49. The topological polar surface area (TPSA) is 29.1 Å². The minimum atomic E-state index is 0.0324. The molecule has 0 atom stereocenters. The van der Waals surface area contributed by atoms with E-state index in [2.05, 4.69) is 5.32 Å². The zero-order chi connectivity index (χ0) is 14.4. The maximum Gasteiger partial charge on any atom is 0.195 e. The predicted octanol–water partition coefficient (Wildman–Crippen LogP) is 3.91. The Kier molecular flexibility index (Phi) is 4.72. The summed E-state index contributed by atoms with van der Waals surface area (Å²) in [6.45, 7) is 4.10. The number of nitrogens with one attached hydrogen (secondary N) is 1. The van der Waals surface area contributed by atoms with E-state index in [-0.39, 0.29) is 11.8 Å². The van der Waals surface area contributed by atoms with Crippen molar-refractivity contribution in [3.05, 3.63) is 78.0 Å². The first kappa shape index (κ1) is 14.1. The normalized spacial score (nSPS) is 11.4. The fourth-order valence-corrected chi connectivity index (χ4v) is 1.89. The van der Waals surface area contributed by atoms with Crippen molar-refractivity contribution in [1.82, 2.24) is 5.32 Å². The molecular formula is C18H19NO. The molecule has 1 N–H and O–H groups in total. The van der Waals surface area contributed by atoms with E-state index in [9.17, 15) is 4.79 Å². The molecule has 2 heteroatoms. The Balaban J connectivity index is 2.37. The Morgan fingerprint density at radius 3 is 1.90 bits per heavy atom. The Hall–Kier alpha value is -2.35. The second-order valence-electron chi connectivity index (χ2n) is 4.94. The van der Waals surface area contributed by atoms with Gasteiger partial charge in [-0.15, -0.1) is 0 Å². The number of hydrogen-bond acceptors (Lipinski definition) is 2. The van der Waals surface area contributed by atoms with Crippen LogP contribution in [0.1, 0.15) is 29.8 Å². The molecule has 20 heavy (non-hydrogen) atoms. The largest absolute Gasteiger partial charge is 0.388 e. The highest BCUT2D eigenvalue weighted by Gasteiger charge is 2.13. The van der Waals surface area contributed by atoms with Gasteiger partial charge < -0.3 is 5.32 Å². The van der Waals surface area contributed by atoms with Crippen molar-refractivity contribution in [1.29, 1.82) is 0 Å². The Morgan fingerprint density at radius 1 is 0.900 bits per heavy atom. The summed E-state index contributed by atoms with van der Waals surface area (Å²) in [5, 5.41) is 3.21. The van der Waals surface area contributed by atoms with Gasteiger partial charge in [0, 0.05) is 23.4 Å². The van der Waals surface area contributed by atoms with E-state index < -0.39 is 0 Å². The van der Waals surface area contributed by atoms with Crippen molar-refractivity contribution in [2.45, 2.75) is 19.9 Å². The lowest BCUT2D eigenvalue weighted by molar-refractivity contribution is 0.105. The van der Waals surface area contributed by atoms with E-state index >= 15 is 0 Å². The number of benzene rings is 2. The van der Waals surface area contributed by atoms with Gasteiger partial charge in [-0.3, -0.25) is 4.79 Å². The maximum atomic E-state index is 12.6. The van der Waals surface area contributed by atoms with Gasteiger partial charge in [0.25, 0.3) is 0 Å². The van der Waals surface area contributed by atoms with Crippen LogP contribution < -0.4 is 5.32 Å².